The summed E-state index contributed by atoms with van der Waals surface area (Å²) in [5, 5.41) is 14.6. The van der Waals surface area contributed by atoms with Crippen molar-refractivity contribution < 1.29 is 4.79 Å². The highest BCUT2D eigenvalue weighted by atomic mass is 32.1. The fourth-order valence-corrected chi connectivity index (χ4v) is 2.22. The van der Waals surface area contributed by atoms with Crippen molar-refractivity contribution >= 4 is 17.2 Å². The van der Waals surface area contributed by atoms with Crippen LogP contribution in [-0.4, -0.2) is 19.5 Å². The Hall–Kier alpha value is -1.38. The van der Waals surface area contributed by atoms with E-state index in [0.29, 0.717) is 18.0 Å². The lowest BCUT2D eigenvalue weighted by Gasteiger charge is -2.22. The molecule has 0 unspecified atom stereocenters. The Kier molecular flexibility index (Phi) is 4.67. The number of hydrogen-bond acceptors (Lipinski definition) is 4. The average Bonchev–Trinajstić information content (AvgIpc) is 2.75. The summed E-state index contributed by atoms with van der Waals surface area (Å²) in [5.41, 5.74) is -0.427. The highest BCUT2D eigenvalue weighted by molar-refractivity contribution is 7.12. The van der Waals surface area contributed by atoms with Crippen molar-refractivity contribution in [1.82, 2.24) is 10.6 Å². The van der Waals surface area contributed by atoms with Gasteiger partial charge in [0.25, 0.3) is 0 Å². The third-order valence-corrected chi connectivity index (χ3v) is 3.47. The lowest BCUT2D eigenvalue weighted by Crippen LogP contribution is -2.41. The summed E-state index contributed by atoms with van der Waals surface area (Å²) in [6, 6.07) is 5.85. The van der Waals surface area contributed by atoms with Gasteiger partial charge in [-0.3, -0.25) is 4.79 Å². The summed E-state index contributed by atoms with van der Waals surface area (Å²) in [5.74, 6) is 0.0221. The van der Waals surface area contributed by atoms with Crippen molar-refractivity contribution in [3.63, 3.8) is 0 Å². The molecule has 17 heavy (non-hydrogen) atoms. The van der Waals surface area contributed by atoms with Gasteiger partial charge in [0.05, 0.1) is 5.41 Å². The van der Waals surface area contributed by atoms with Gasteiger partial charge in [-0.2, -0.15) is 5.26 Å². The molecule has 0 aliphatic carbocycles. The van der Waals surface area contributed by atoms with Crippen molar-refractivity contribution in [2.45, 2.75) is 20.4 Å². The van der Waals surface area contributed by atoms with E-state index in [9.17, 15) is 4.79 Å². The molecule has 5 heteroatoms. The van der Waals surface area contributed by atoms with Crippen LogP contribution in [-0.2, 0) is 11.3 Å². The molecule has 0 saturated carbocycles. The summed E-state index contributed by atoms with van der Waals surface area (Å²) in [6.07, 6.45) is 0. The topological polar surface area (TPSA) is 64.9 Å². The molecule has 0 spiro atoms. The molecule has 1 aromatic heterocycles. The Morgan fingerprint density at radius 3 is 2.76 bits per heavy atom. The maximum absolute atomic E-state index is 11.5. The maximum atomic E-state index is 11.5. The van der Waals surface area contributed by atoms with E-state index in [0.717, 1.165) is 4.88 Å². The predicted octanol–water partition coefficient (Wildman–Crippen LogP) is 1.48. The molecule has 0 radical (unpaired) electrons. The zero-order chi connectivity index (χ0) is 12.9. The summed E-state index contributed by atoms with van der Waals surface area (Å²) < 4.78 is 0. The van der Waals surface area contributed by atoms with Crippen LogP contribution in [0.3, 0.4) is 0 Å². The van der Waals surface area contributed by atoms with E-state index in [-0.39, 0.29) is 5.91 Å². The Bertz CT molecular complexity index is 431. The molecule has 92 valence electrons. The summed E-state index contributed by atoms with van der Waals surface area (Å²) in [6.45, 7) is 5.08. The lowest BCUT2D eigenvalue weighted by atomic mass is 9.92. The molecular formula is C12H17N3OS. The number of nitriles is 1. The van der Waals surface area contributed by atoms with Gasteiger partial charge in [0.2, 0.25) is 5.91 Å². The monoisotopic (exact) mass is 251 g/mol. The quantitative estimate of drug-likeness (QED) is 0.833. The van der Waals surface area contributed by atoms with Gasteiger partial charge in [-0.15, -0.1) is 11.3 Å². The lowest BCUT2D eigenvalue weighted by molar-refractivity contribution is -0.128. The fourth-order valence-electron chi connectivity index (χ4n) is 1.45. The molecule has 0 aliphatic heterocycles. The second kappa shape index (κ2) is 5.80. The molecule has 0 saturated heterocycles. The van der Waals surface area contributed by atoms with E-state index in [1.54, 1.807) is 7.05 Å². The third kappa shape index (κ3) is 3.84. The van der Waals surface area contributed by atoms with Crippen LogP contribution in [0.4, 0.5) is 0 Å². The van der Waals surface area contributed by atoms with Gasteiger partial charge in [0.1, 0.15) is 10.9 Å². The zero-order valence-electron chi connectivity index (χ0n) is 10.3. The summed E-state index contributed by atoms with van der Waals surface area (Å²) in [7, 11) is 1.64. The van der Waals surface area contributed by atoms with E-state index < -0.39 is 5.41 Å². The second-order valence-electron chi connectivity index (χ2n) is 4.44. The third-order valence-electron chi connectivity index (χ3n) is 2.48. The van der Waals surface area contributed by atoms with Gasteiger partial charge in [0.15, 0.2) is 0 Å². The molecule has 1 aromatic rings. The first-order valence-electron chi connectivity index (χ1n) is 5.41. The van der Waals surface area contributed by atoms with Crippen LogP contribution in [0, 0.1) is 16.7 Å². The van der Waals surface area contributed by atoms with Gasteiger partial charge in [0, 0.05) is 25.0 Å². The Balaban J connectivity index is 2.42. The number of carbonyl (C=O) groups is 1. The first kappa shape index (κ1) is 13.7. The fraction of sp³-hybridized carbons (Fsp3) is 0.500. The van der Waals surface area contributed by atoms with Gasteiger partial charge in [-0.25, -0.2) is 0 Å². The number of carbonyl (C=O) groups excluding carboxylic acids is 1. The Morgan fingerprint density at radius 2 is 2.24 bits per heavy atom. The number of thiophene rings is 1. The van der Waals surface area contributed by atoms with Crippen molar-refractivity contribution in [2.75, 3.05) is 13.6 Å². The number of hydrogen-bond donors (Lipinski definition) is 2. The number of rotatable bonds is 5. The zero-order valence-corrected chi connectivity index (χ0v) is 11.1. The summed E-state index contributed by atoms with van der Waals surface area (Å²) in [4.78, 5) is 13.4. The van der Waals surface area contributed by atoms with E-state index in [1.165, 1.54) is 11.3 Å². The predicted molar refractivity (Wildman–Crippen MR) is 68.6 cm³/mol. The molecule has 1 rings (SSSR count). The summed E-state index contributed by atoms with van der Waals surface area (Å²) >= 11 is 1.47. The molecule has 0 bridgehead atoms. The van der Waals surface area contributed by atoms with E-state index in [1.807, 2.05) is 26.0 Å². The first-order chi connectivity index (χ1) is 7.99. The molecule has 2 N–H and O–H groups in total. The minimum Gasteiger partial charge on any atom is -0.359 e. The number of nitrogens with zero attached hydrogens (tertiary/aromatic N) is 1. The van der Waals surface area contributed by atoms with Crippen LogP contribution >= 0.6 is 11.3 Å². The van der Waals surface area contributed by atoms with Crippen LogP contribution in [0.25, 0.3) is 0 Å². The SMILES string of the molecule is CNC(=O)C(C)(C)CNCc1ccc(C#N)s1. The van der Waals surface area contributed by atoms with Crippen LogP contribution in [0.5, 0.6) is 0 Å². The molecular weight excluding hydrogens is 234 g/mol. The van der Waals surface area contributed by atoms with E-state index in [2.05, 4.69) is 16.7 Å². The second-order valence-corrected chi connectivity index (χ2v) is 5.61. The Morgan fingerprint density at radius 1 is 1.53 bits per heavy atom. The smallest absolute Gasteiger partial charge is 0.226 e. The van der Waals surface area contributed by atoms with Crippen molar-refractivity contribution in [1.29, 1.82) is 5.26 Å². The van der Waals surface area contributed by atoms with Gasteiger partial charge in [-0.05, 0) is 26.0 Å². The molecule has 1 heterocycles. The maximum Gasteiger partial charge on any atom is 0.226 e. The van der Waals surface area contributed by atoms with Crippen LogP contribution < -0.4 is 10.6 Å². The minimum absolute atomic E-state index is 0.0221. The Labute approximate surface area is 106 Å². The van der Waals surface area contributed by atoms with Gasteiger partial charge < -0.3 is 10.6 Å². The van der Waals surface area contributed by atoms with Crippen LogP contribution in [0.1, 0.15) is 23.6 Å². The molecule has 0 aliphatic rings. The molecule has 0 aromatic carbocycles. The van der Waals surface area contributed by atoms with Crippen LogP contribution in [0.2, 0.25) is 0 Å². The number of amides is 1. The van der Waals surface area contributed by atoms with Crippen LogP contribution in [0.15, 0.2) is 12.1 Å². The molecule has 4 nitrogen and oxygen atoms in total. The highest BCUT2D eigenvalue weighted by Gasteiger charge is 2.25. The largest absolute Gasteiger partial charge is 0.359 e. The standard InChI is InChI=1S/C12H17N3OS/c1-12(2,11(16)14-3)8-15-7-10-5-4-9(6-13)17-10/h4-5,15H,7-8H2,1-3H3,(H,14,16). The highest BCUT2D eigenvalue weighted by Crippen LogP contribution is 2.17. The van der Waals surface area contributed by atoms with E-state index in [4.69, 9.17) is 5.26 Å². The van der Waals surface area contributed by atoms with Crippen molar-refractivity contribution in [3.8, 4) is 6.07 Å². The first-order valence-corrected chi connectivity index (χ1v) is 6.23. The molecule has 1 amide bonds. The van der Waals surface area contributed by atoms with Gasteiger partial charge >= 0.3 is 0 Å². The normalized spacial score (nSPS) is 10.9. The number of nitrogens with one attached hydrogen (secondary N) is 2. The average molecular weight is 251 g/mol. The van der Waals surface area contributed by atoms with Gasteiger partial charge in [-0.1, -0.05) is 0 Å². The molecule has 0 atom stereocenters. The van der Waals surface area contributed by atoms with Crippen molar-refractivity contribution in [3.05, 3.63) is 21.9 Å². The van der Waals surface area contributed by atoms with E-state index >= 15 is 0 Å². The minimum atomic E-state index is -0.427. The molecule has 0 fully saturated rings. The van der Waals surface area contributed by atoms with Crippen molar-refractivity contribution in [2.24, 2.45) is 5.41 Å².